The third-order valence-corrected chi connectivity index (χ3v) is 3.74. The van der Waals surface area contributed by atoms with E-state index in [1.807, 2.05) is 13.1 Å². The van der Waals surface area contributed by atoms with Crippen molar-refractivity contribution in [2.75, 3.05) is 11.9 Å². The van der Waals surface area contributed by atoms with Gasteiger partial charge in [0, 0.05) is 18.8 Å². The predicted molar refractivity (Wildman–Crippen MR) is 69.1 cm³/mol. The summed E-state index contributed by atoms with van der Waals surface area (Å²) < 4.78 is 0. The number of hydrogen-bond acceptors (Lipinski definition) is 3. The minimum Gasteiger partial charge on any atom is -0.356 e. The molecular formula is C14H19N3. The molecule has 0 N–H and O–H groups in total. The molecule has 1 aliphatic carbocycles. The van der Waals surface area contributed by atoms with Crippen LogP contribution in [0.5, 0.6) is 0 Å². The molecule has 90 valence electrons. The molecule has 0 radical (unpaired) electrons. The van der Waals surface area contributed by atoms with Gasteiger partial charge >= 0.3 is 0 Å². The Kier molecular flexibility index (Phi) is 3.33. The van der Waals surface area contributed by atoms with Crippen LogP contribution in [0, 0.1) is 11.3 Å². The molecule has 1 atom stereocenters. The molecule has 1 unspecified atom stereocenters. The number of anilines is 1. The second-order valence-electron chi connectivity index (χ2n) is 4.80. The first-order valence-corrected chi connectivity index (χ1v) is 6.33. The molecule has 1 aromatic heterocycles. The highest BCUT2D eigenvalue weighted by Crippen LogP contribution is 2.27. The van der Waals surface area contributed by atoms with Gasteiger partial charge in [-0.2, -0.15) is 5.26 Å². The van der Waals surface area contributed by atoms with E-state index >= 15 is 0 Å². The van der Waals surface area contributed by atoms with Gasteiger partial charge in [0.2, 0.25) is 0 Å². The highest BCUT2D eigenvalue weighted by atomic mass is 15.2. The predicted octanol–water partition coefficient (Wildman–Crippen LogP) is 2.68. The average Bonchev–Trinajstić information content (AvgIpc) is 2.82. The van der Waals surface area contributed by atoms with Crippen LogP contribution in [-0.2, 0) is 12.8 Å². The number of aryl methyl sites for hydroxylation is 2. The van der Waals surface area contributed by atoms with Gasteiger partial charge < -0.3 is 4.90 Å². The maximum atomic E-state index is 9.24. The van der Waals surface area contributed by atoms with Crippen LogP contribution < -0.4 is 4.90 Å². The van der Waals surface area contributed by atoms with Crippen LogP contribution in [0.3, 0.4) is 0 Å². The van der Waals surface area contributed by atoms with Gasteiger partial charge in [0.05, 0.1) is 5.56 Å². The van der Waals surface area contributed by atoms with E-state index in [0.717, 1.165) is 25.1 Å². The maximum Gasteiger partial charge on any atom is 0.146 e. The largest absolute Gasteiger partial charge is 0.356 e. The summed E-state index contributed by atoms with van der Waals surface area (Å²) in [7, 11) is 2.03. The zero-order valence-corrected chi connectivity index (χ0v) is 10.8. The van der Waals surface area contributed by atoms with Crippen molar-refractivity contribution in [3.63, 3.8) is 0 Å². The van der Waals surface area contributed by atoms with Crippen molar-refractivity contribution in [1.82, 2.24) is 4.98 Å². The van der Waals surface area contributed by atoms with E-state index in [1.165, 1.54) is 17.7 Å². The molecule has 1 aliphatic rings. The first kappa shape index (κ1) is 11.9. The molecule has 0 bridgehead atoms. The Hall–Kier alpha value is -1.56. The monoisotopic (exact) mass is 229 g/mol. The van der Waals surface area contributed by atoms with Crippen LogP contribution in [0.1, 0.15) is 43.5 Å². The zero-order valence-electron chi connectivity index (χ0n) is 10.8. The average molecular weight is 229 g/mol. The number of pyridine rings is 1. The van der Waals surface area contributed by atoms with Gasteiger partial charge in [0.1, 0.15) is 11.9 Å². The summed E-state index contributed by atoms with van der Waals surface area (Å²) in [5.41, 5.74) is 3.17. The van der Waals surface area contributed by atoms with Crippen LogP contribution in [-0.4, -0.2) is 18.1 Å². The SMILES string of the molecule is CCC(C)N(C)c1nc2c(cc1C#N)CCC2. The lowest BCUT2D eigenvalue weighted by atomic mass is 10.1. The Labute approximate surface area is 103 Å². The molecule has 2 rings (SSSR count). The summed E-state index contributed by atoms with van der Waals surface area (Å²) in [6.07, 6.45) is 4.36. The fraction of sp³-hybridized carbons (Fsp3) is 0.571. The van der Waals surface area contributed by atoms with Crippen LogP contribution in [0.15, 0.2) is 6.07 Å². The van der Waals surface area contributed by atoms with Crippen LogP contribution in [0.4, 0.5) is 5.82 Å². The minimum absolute atomic E-state index is 0.411. The molecule has 0 aromatic carbocycles. The van der Waals surface area contributed by atoms with Gasteiger partial charge in [-0.05, 0) is 44.2 Å². The number of nitrogens with zero attached hydrogens (tertiary/aromatic N) is 3. The highest BCUT2D eigenvalue weighted by Gasteiger charge is 2.20. The number of fused-ring (bicyclic) bond motifs is 1. The highest BCUT2D eigenvalue weighted by molar-refractivity contribution is 5.56. The van der Waals surface area contributed by atoms with E-state index in [9.17, 15) is 5.26 Å². The standard InChI is InChI=1S/C14H19N3/c1-4-10(2)17(3)14-12(9-15)8-11-6-5-7-13(11)16-14/h8,10H,4-7H2,1-3H3. The van der Waals surface area contributed by atoms with Gasteiger partial charge in [-0.3, -0.25) is 0 Å². The first-order chi connectivity index (χ1) is 8.17. The summed E-state index contributed by atoms with van der Waals surface area (Å²) in [6.45, 7) is 4.32. The van der Waals surface area contributed by atoms with E-state index in [4.69, 9.17) is 4.98 Å². The summed E-state index contributed by atoms with van der Waals surface area (Å²) >= 11 is 0. The second-order valence-corrected chi connectivity index (χ2v) is 4.80. The molecule has 17 heavy (non-hydrogen) atoms. The van der Waals surface area contributed by atoms with Gasteiger partial charge in [0.25, 0.3) is 0 Å². The molecule has 3 heteroatoms. The summed E-state index contributed by atoms with van der Waals surface area (Å²) in [6, 6.07) is 4.72. The second kappa shape index (κ2) is 4.75. The van der Waals surface area contributed by atoms with Gasteiger partial charge in [-0.25, -0.2) is 4.98 Å². The minimum atomic E-state index is 0.411. The Morgan fingerprint density at radius 2 is 2.29 bits per heavy atom. The normalized spacial score (nSPS) is 15.2. The van der Waals surface area contributed by atoms with Crippen molar-refractivity contribution >= 4 is 5.82 Å². The van der Waals surface area contributed by atoms with Crippen molar-refractivity contribution < 1.29 is 0 Å². The lowest BCUT2D eigenvalue weighted by molar-refractivity contribution is 0.655. The molecule has 0 aliphatic heterocycles. The smallest absolute Gasteiger partial charge is 0.146 e. The van der Waals surface area contributed by atoms with Gasteiger partial charge in [-0.1, -0.05) is 6.92 Å². The van der Waals surface area contributed by atoms with E-state index in [1.54, 1.807) is 0 Å². The van der Waals surface area contributed by atoms with E-state index in [0.29, 0.717) is 11.6 Å². The lowest BCUT2D eigenvalue weighted by Crippen LogP contribution is -2.29. The fourth-order valence-electron chi connectivity index (χ4n) is 2.29. The Morgan fingerprint density at radius 1 is 1.53 bits per heavy atom. The maximum absolute atomic E-state index is 9.24. The van der Waals surface area contributed by atoms with E-state index in [2.05, 4.69) is 24.8 Å². The van der Waals surface area contributed by atoms with Crippen molar-refractivity contribution in [1.29, 1.82) is 5.26 Å². The molecule has 0 amide bonds. The quantitative estimate of drug-likeness (QED) is 0.800. The van der Waals surface area contributed by atoms with Crippen LogP contribution in [0.2, 0.25) is 0 Å². The number of nitriles is 1. The number of rotatable bonds is 3. The molecule has 0 fully saturated rings. The molecular weight excluding hydrogens is 210 g/mol. The summed E-state index contributed by atoms with van der Waals surface area (Å²) in [5.74, 6) is 0.850. The van der Waals surface area contributed by atoms with E-state index < -0.39 is 0 Å². The molecule has 0 saturated carbocycles. The number of hydrogen-bond donors (Lipinski definition) is 0. The fourth-order valence-corrected chi connectivity index (χ4v) is 2.29. The molecule has 1 aromatic rings. The van der Waals surface area contributed by atoms with Crippen LogP contribution in [0.25, 0.3) is 0 Å². The summed E-state index contributed by atoms with van der Waals surface area (Å²) in [5, 5.41) is 9.24. The molecule has 1 heterocycles. The Bertz CT molecular complexity index is 459. The van der Waals surface area contributed by atoms with Crippen molar-refractivity contribution in [2.45, 2.75) is 45.6 Å². The van der Waals surface area contributed by atoms with Crippen molar-refractivity contribution in [3.8, 4) is 6.07 Å². The zero-order chi connectivity index (χ0) is 12.4. The topological polar surface area (TPSA) is 39.9 Å². The van der Waals surface area contributed by atoms with Gasteiger partial charge in [0.15, 0.2) is 0 Å². The Balaban J connectivity index is 2.43. The van der Waals surface area contributed by atoms with E-state index in [-0.39, 0.29) is 0 Å². The van der Waals surface area contributed by atoms with Gasteiger partial charge in [-0.15, -0.1) is 0 Å². The summed E-state index contributed by atoms with van der Waals surface area (Å²) in [4.78, 5) is 6.82. The van der Waals surface area contributed by atoms with Crippen molar-refractivity contribution in [2.24, 2.45) is 0 Å². The lowest BCUT2D eigenvalue weighted by Gasteiger charge is -2.26. The third-order valence-electron chi connectivity index (χ3n) is 3.74. The molecule has 3 nitrogen and oxygen atoms in total. The molecule has 0 saturated heterocycles. The third kappa shape index (κ3) is 2.12. The van der Waals surface area contributed by atoms with Crippen LogP contribution >= 0.6 is 0 Å². The van der Waals surface area contributed by atoms with Crippen molar-refractivity contribution in [3.05, 3.63) is 22.9 Å². The number of aromatic nitrogens is 1. The molecule has 0 spiro atoms. The first-order valence-electron chi connectivity index (χ1n) is 6.33. The Morgan fingerprint density at radius 3 is 2.94 bits per heavy atom.